The van der Waals surface area contributed by atoms with Crippen LogP contribution in [0.25, 0.3) is 0 Å². The summed E-state index contributed by atoms with van der Waals surface area (Å²) in [6.45, 7) is 2.95. The van der Waals surface area contributed by atoms with Gasteiger partial charge in [0, 0.05) is 37.3 Å². The molecule has 1 aliphatic rings. The molecule has 0 saturated carbocycles. The predicted molar refractivity (Wildman–Crippen MR) is 105 cm³/mol. The summed E-state index contributed by atoms with van der Waals surface area (Å²) in [4.78, 5) is 25.4. The fourth-order valence-electron chi connectivity index (χ4n) is 3.52. The largest absolute Gasteiger partial charge is 0.353 e. The number of likely N-dealkylation sites (tertiary alicyclic amines) is 1. The first kappa shape index (κ1) is 19.0. The van der Waals surface area contributed by atoms with Gasteiger partial charge in [-0.3, -0.25) is 14.9 Å². The maximum absolute atomic E-state index is 12.3. The minimum Gasteiger partial charge on any atom is -0.353 e. The number of nitro benzene ring substituents is 1. The number of amides is 1. The van der Waals surface area contributed by atoms with Crippen molar-refractivity contribution in [3.63, 3.8) is 0 Å². The van der Waals surface area contributed by atoms with Crippen LogP contribution in [0.2, 0.25) is 0 Å². The average molecular weight is 367 g/mol. The van der Waals surface area contributed by atoms with Crippen molar-refractivity contribution < 1.29 is 9.72 Å². The van der Waals surface area contributed by atoms with Crippen LogP contribution in [0.1, 0.15) is 24.0 Å². The number of piperidine rings is 1. The van der Waals surface area contributed by atoms with Crippen molar-refractivity contribution >= 4 is 11.6 Å². The highest BCUT2D eigenvalue weighted by molar-refractivity contribution is 5.80. The van der Waals surface area contributed by atoms with Gasteiger partial charge in [-0.15, -0.1) is 0 Å². The second-order valence-electron chi connectivity index (χ2n) is 6.98. The molecule has 1 heterocycles. The maximum Gasteiger partial charge on any atom is 0.273 e. The Labute approximate surface area is 159 Å². The van der Waals surface area contributed by atoms with E-state index in [1.807, 2.05) is 6.07 Å². The van der Waals surface area contributed by atoms with Gasteiger partial charge in [-0.05, 0) is 24.8 Å². The molecule has 0 spiro atoms. The molecule has 0 radical (unpaired) electrons. The predicted octanol–water partition coefficient (Wildman–Crippen LogP) is 2.96. The topological polar surface area (TPSA) is 75.5 Å². The van der Waals surface area contributed by atoms with Gasteiger partial charge in [0.15, 0.2) is 0 Å². The Hall–Kier alpha value is -2.73. The molecule has 1 N–H and O–H groups in total. The molecule has 6 heteroatoms. The van der Waals surface area contributed by atoms with Crippen LogP contribution in [-0.4, -0.2) is 41.4 Å². The molecule has 2 aromatic carbocycles. The van der Waals surface area contributed by atoms with Crippen molar-refractivity contribution in [2.24, 2.45) is 0 Å². The SMILES string of the molecule is O=C(Cc1ccccc1[N+](=O)[O-])NC1CCN(CCc2ccccc2)CC1. The zero-order valence-electron chi connectivity index (χ0n) is 15.3. The van der Waals surface area contributed by atoms with Crippen molar-refractivity contribution in [3.8, 4) is 0 Å². The third-order valence-corrected chi connectivity index (χ3v) is 5.05. The molecule has 3 rings (SSSR count). The Bertz CT molecular complexity index is 771. The van der Waals surface area contributed by atoms with Gasteiger partial charge in [-0.2, -0.15) is 0 Å². The molecular formula is C21H25N3O3. The fourth-order valence-corrected chi connectivity index (χ4v) is 3.52. The molecule has 0 aromatic heterocycles. The molecule has 1 fully saturated rings. The molecule has 0 atom stereocenters. The number of hydrogen-bond acceptors (Lipinski definition) is 4. The second kappa shape index (κ2) is 9.28. The first-order valence-electron chi connectivity index (χ1n) is 9.40. The lowest BCUT2D eigenvalue weighted by Crippen LogP contribution is -2.45. The number of nitrogens with zero attached hydrogens (tertiary/aromatic N) is 2. The molecule has 142 valence electrons. The quantitative estimate of drug-likeness (QED) is 0.603. The van der Waals surface area contributed by atoms with E-state index in [4.69, 9.17) is 0 Å². The van der Waals surface area contributed by atoms with Crippen LogP contribution < -0.4 is 5.32 Å². The van der Waals surface area contributed by atoms with Gasteiger partial charge < -0.3 is 10.2 Å². The van der Waals surface area contributed by atoms with Crippen molar-refractivity contribution in [3.05, 3.63) is 75.8 Å². The van der Waals surface area contributed by atoms with E-state index in [0.29, 0.717) is 5.56 Å². The van der Waals surface area contributed by atoms with Crippen LogP contribution in [0.15, 0.2) is 54.6 Å². The smallest absolute Gasteiger partial charge is 0.273 e. The number of nitrogens with one attached hydrogen (secondary N) is 1. The van der Waals surface area contributed by atoms with Crippen LogP contribution in [0, 0.1) is 10.1 Å². The second-order valence-corrected chi connectivity index (χ2v) is 6.98. The molecule has 1 amide bonds. The normalized spacial score (nSPS) is 15.4. The highest BCUT2D eigenvalue weighted by atomic mass is 16.6. The molecule has 1 saturated heterocycles. The standard InChI is InChI=1S/C21H25N3O3/c25-21(16-18-8-4-5-9-20(18)24(26)27)22-19-11-14-23(15-12-19)13-10-17-6-2-1-3-7-17/h1-9,19H,10-16H2,(H,22,25). The van der Waals surface area contributed by atoms with E-state index in [-0.39, 0.29) is 24.1 Å². The van der Waals surface area contributed by atoms with E-state index >= 15 is 0 Å². The van der Waals surface area contributed by atoms with E-state index in [2.05, 4.69) is 34.5 Å². The Balaban J connectivity index is 1.42. The van der Waals surface area contributed by atoms with Gasteiger partial charge in [0.05, 0.1) is 11.3 Å². The summed E-state index contributed by atoms with van der Waals surface area (Å²) in [7, 11) is 0. The van der Waals surface area contributed by atoms with E-state index in [0.717, 1.165) is 38.9 Å². The van der Waals surface area contributed by atoms with Gasteiger partial charge >= 0.3 is 0 Å². The molecule has 27 heavy (non-hydrogen) atoms. The molecule has 0 aliphatic carbocycles. The van der Waals surface area contributed by atoms with Crippen molar-refractivity contribution in [2.45, 2.75) is 31.7 Å². The number of carbonyl (C=O) groups excluding carboxylic acids is 1. The molecule has 0 bridgehead atoms. The average Bonchev–Trinajstić information content (AvgIpc) is 2.68. The Morgan fingerprint density at radius 2 is 1.74 bits per heavy atom. The van der Waals surface area contributed by atoms with E-state index in [9.17, 15) is 14.9 Å². The Kier molecular flexibility index (Phi) is 6.54. The van der Waals surface area contributed by atoms with Crippen molar-refractivity contribution in [1.29, 1.82) is 0 Å². The number of hydrogen-bond donors (Lipinski definition) is 1. The highest BCUT2D eigenvalue weighted by Gasteiger charge is 2.22. The van der Waals surface area contributed by atoms with E-state index in [1.165, 1.54) is 11.6 Å². The van der Waals surface area contributed by atoms with Gasteiger partial charge in [0.2, 0.25) is 5.91 Å². The molecule has 2 aromatic rings. The third-order valence-electron chi connectivity index (χ3n) is 5.05. The summed E-state index contributed by atoms with van der Waals surface area (Å²) in [5.41, 5.74) is 1.81. The maximum atomic E-state index is 12.3. The van der Waals surface area contributed by atoms with Gasteiger partial charge in [0.25, 0.3) is 5.69 Å². The molecule has 6 nitrogen and oxygen atoms in total. The van der Waals surface area contributed by atoms with Crippen LogP contribution in [-0.2, 0) is 17.6 Å². The van der Waals surface area contributed by atoms with Crippen LogP contribution >= 0.6 is 0 Å². The molecular weight excluding hydrogens is 342 g/mol. The van der Waals surface area contributed by atoms with Gasteiger partial charge in [0.1, 0.15) is 0 Å². The van der Waals surface area contributed by atoms with E-state index in [1.54, 1.807) is 18.2 Å². The minimum atomic E-state index is -0.437. The highest BCUT2D eigenvalue weighted by Crippen LogP contribution is 2.18. The summed E-state index contributed by atoms with van der Waals surface area (Å²) in [5.74, 6) is -0.146. The number of para-hydroxylation sites is 1. The monoisotopic (exact) mass is 367 g/mol. The van der Waals surface area contributed by atoms with E-state index < -0.39 is 4.92 Å². The lowest BCUT2D eigenvalue weighted by atomic mass is 10.0. The van der Waals surface area contributed by atoms with Crippen molar-refractivity contribution in [2.75, 3.05) is 19.6 Å². The van der Waals surface area contributed by atoms with Gasteiger partial charge in [-0.25, -0.2) is 0 Å². The lowest BCUT2D eigenvalue weighted by molar-refractivity contribution is -0.385. The summed E-state index contributed by atoms with van der Waals surface area (Å²) in [5, 5.41) is 14.1. The minimum absolute atomic E-state index is 0.00313. The lowest BCUT2D eigenvalue weighted by Gasteiger charge is -2.32. The fraction of sp³-hybridized carbons (Fsp3) is 0.381. The number of benzene rings is 2. The summed E-state index contributed by atoms with van der Waals surface area (Å²) in [6.07, 6.45) is 2.91. The van der Waals surface area contributed by atoms with Crippen molar-refractivity contribution in [1.82, 2.24) is 10.2 Å². The Morgan fingerprint density at radius 3 is 2.44 bits per heavy atom. The number of carbonyl (C=O) groups is 1. The summed E-state index contributed by atoms with van der Waals surface area (Å²) < 4.78 is 0. The Morgan fingerprint density at radius 1 is 1.07 bits per heavy atom. The number of rotatable bonds is 7. The zero-order valence-corrected chi connectivity index (χ0v) is 15.3. The molecule has 1 aliphatic heterocycles. The number of nitro groups is 1. The zero-order chi connectivity index (χ0) is 19.1. The van der Waals surface area contributed by atoms with Gasteiger partial charge in [-0.1, -0.05) is 48.5 Å². The first-order chi connectivity index (χ1) is 13.1. The summed E-state index contributed by atoms with van der Waals surface area (Å²) in [6, 6.07) is 17.0. The third kappa shape index (κ3) is 5.62. The van der Waals surface area contributed by atoms with Crippen LogP contribution in [0.3, 0.4) is 0 Å². The summed E-state index contributed by atoms with van der Waals surface area (Å²) >= 11 is 0. The van der Waals surface area contributed by atoms with Crippen LogP contribution in [0.5, 0.6) is 0 Å². The molecule has 0 unspecified atom stereocenters. The van der Waals surface area contributed by atoms with Crippen LogP contribution in [0.4, 0.5) is 5.69 Å². The first-order valence-corrected chi connectivity index (χ1v) is 9.40.